The Morgan fingerprint density at radius 1 is 1.14 bits per heavy atom. The fraction of sp³-hybridized carbons (Fsp3) is 0.222. The first-order chi connectivity index (χ1) is 10.2. The van der Waals surface area contributed by atoms with Crippen LogP contribution in [0.4, 0.5) is 0 Å². The minimum Gasteiger partial charge on any atom is -0.497 e. The molecular formula is C18H19NO2. The third-order valence-corrected chi connectivity index (χ3v) is 3.72. The van der Waals surface area contributed by atoms with Gasteiger partial charge >= 0.3 is 0 Å². The zero-order valence-corrected chi connectivity index (χ0v) is 12.3. The third kappa shape index (κ3) is 2.78. The van der Waals surface area contributed by atoms with Crippen LogP contribution in [0.2, 0.25) is 0 Å². The molecule has 0 aliphatic heterocycles. The monoisotopic (exact) mass is 281 g/mol. The lowest BCUT2D eigenvalue weighted by molar-refractivity contribution is 0.414. The van der Waals surface area contributed by atoms with Crippen LogP contribution in [0.3, 0.4) is 0 Å². The molecule has 0 spiro atoms. The maximum atomic E-state index is 6.30. The molecule has 21 heavy (non-hydrogen) atoms. The predicted molar refractivity (Wildman–Crippen MR) is 84.6 cm³/mol. The number of fused-ring (bicyclic) bond motifs is 1. The van der Waals surface area contributed by atoms with Gasteiger partial charge in [-0.1, -0.05) is 30.3 Å². The number of ether oxygens (including phenoxy) is 1. The van der Waals surface area contributed by atoms with Crippen molar-refractivity contribution in [2.24, 2.45) is 5.73 Å². The highest BCUT2D eigenvalue weighted by Crippen LogP contribution is 2.27. The van der Waals surface area contributed by atoms with Crippen molar-refractivity contribution in [3.05, 3.63) is 65.4 Å². The summed E-state index contributed by atoms with van der Waals surface area (Å²) in [6.07, 6.45) is 0.718. The number of hydrogen-bond donors (Lipinski definition) is 1. The standard InChI is InChI=1S/C18H19NO2/c1-12-5-3-7-14-11-17(21-18(12)14)16(19)10-13-6-4-8-15(9-13)20-2/h3-9,11,16H,10,19H2,1-2H3. The summed E-state index contributed by atoms with van der Waals surface area (Å²) < 4.78 is 11.2. The first-order valence-electron chi connectivity index (χ1n) is 7.05. The van der Waals surface area contributed by atoms with E-state index in [9.17, 15) is 0 Å². The Morgan fingerprint density at radius 3 is 2.71 bits per heavy atom. The summed E-state index contributed by atoms with van der Waals surface area (Å²) in [5, 5.41) is 1.10. The normalized spacial score (nSPS) is 12.5. The molecular weight excluding hydrogens is 262 g/mol. The topological polar surface area (TPSA) is 48.4 Å². The Labute approximate surface area is 124 Å². The van der Waals surface area contributed by atoms with Crippen LogP contribution in [0.15, 0.2) is 52.9 Å². The maximum Gasteiger partial charge on any atom is 0.137 e. The SMILES string of the molecule is COc1cccc(CC(N)c2cc3cccc(C)c3o2)c1. The lowest BCUT2D eigenvalue weighted by Gasteiger charge is -2.09. The van der Waals surface area contributed by atoms with Crippen molar-refractivity contribution in [2.45, 2.75) is 19.4 Å². The van der Waals surface area contributed by atoms with Crippen LogP contribution >= 0.6 is 0 Å². The molecule has 3 heteroatoms. The van der Waals surface area contributed by atoms with Crippen LogP contribution in [0.25, 0.3) is 11.0 Å². The van der Waals surface area contributed by atoms with E-state index >= 15 is 0 Å². The van der Waals surface area contributed by atoms with Gasteiger partial charge in [-0.25, -0.2) is 0 Å². The van der Waals surface area contributed by atoms with Crippen LogP contribution in [-0.4, -0.2) is 7.11 Å². The highest BCUT2D eigenvalue weighted by Gasteiger charge is 2.14. The van der Waals surface area contributed by atoms with Crippen molar-refractivity contribution >= 4 is 11.0 Å². The highest BCUT2D eigenvalue weighted by molar-refractivity contribution is 5.81. The maximum absolute atomic E-state index is 6.30. The van der Waals surface area contributed by atoms with E-state index in [1.54, 1.807) is 7.11 Å². The molecule has 3 aromatic rings. The van der Waals surface area contributed by atoms with Gasteiger partial charge in [-0.3, -0.25) is 0 Å². The summed E-state index contributed by atoms with van der Waals surface area (Å²) in [6, 6.07) is 16.0. The van der Waals surface area contributed by atoms with E-state index in [1.807, 2.05) is 49.4 Å². The molecule has 1 heterocycles. The zero-order chi connectivity index (χ0) is 14.8. The summed E-state index contributed by atoms with van der Waals surface area (Å²) in [7, 11) is 1.67. The second-order valence-electron chi connectivity index (χ2n) is 5.30. The van der Waals surface area contributed by atoms with E-state index in [1.165, 1.54) is 0 Å². The van der Waals surface area contributed by atoms with Gasteiger partial charge in [0, 0.05) is 5.39 Å². The van der Waals surface area contributed by atoms with Gasteiger partial charge < -0.3 is 14.9 Å². The Morgan fingerprint density at radius 2 is 1.95 bits per heavy atom. The van der Waals surface area contributed by atoms with Crippen molar-refractivity contribution < 1.29 is 9.15 Å². The zero-order valence-electron chi connectivity index (χ0n) is 12.3. The van der Waals surface area contributed by atoms with Crippen LogP contribution in [-0.2, 0) is 6.42 Å². The van der Waals surface area contributed by atoms with Crippen molar-refractivity contribution in [3.63, 3.8) is 0 Å². The Kier molecular flexibility index (Phi) is 3.67. The predicted octanol–water partition coefficient (Wildman–Crippen LogP) is 3.99. The second kappa shape index (κ2) is 5.62. The molecule has 3 nitrogen and oxygen atoms in total. The molecule has 0 saturated carbocycles. The second-order valence-corrected chi connectivity index (χ2v) is 5.30. The molecule has 0 aliphatic rings. The van der Waals surface area contributed by atoms with Crippen molar-refractivity contribution in [1.82, 2.24) is 0 Å². The van der Waals surface area contributed by atoms with Gasteiger partial charge in [-0.2, -0.15) is 0 Å². The van der Waals surface area contributed by atoms with Crippen LogP contribution < -0.4 is 10.5 Å². The van der Waals surface area contributed by atoms with Gasteiger partial charge in [0.25, 0.3) is 0 Å². The van der Waals surface area contributed by atoms with E-state index in [-0.39, 0.29) is 6.04 Å². The third-order valence-electron chi connectivity index (χ3n) is 3.72. The van der Waals surface area contributed by atoms with Crippen molar-refractivity contribution in [1.29, 1.82) is 0 Å². The van der Waals surface area contributed by atoms with Gasteiger partial charge in [0.15, 0.2) is 0 Å². The molecule has 1 aromatic heterocycles. The lowest BCUT2D eigenvalue weighted by Crippen LogP contribution is -2.12. The number of benzene rings is 2. The number of methoxy groups -OCH3 is 1. The number of hydrogen-bond acceptors (Lipinski definition) is 3. The average Bonchev–Trinajstić information content (AvgIpc) is 2.93. The number of nitrogens with two attached hydrogens (primary N) is 1. The first-order valence-corrected chi connectivity index (χ1v) is 7.05. The molecule has 3 rings (SSSR count). The summed E-state index contributed by atoms with van der Waals surface area (Å²) >= 11 is 0. The Balaban J connectivity index is 1.86. The minimum atomic E-state index is -0.163. The molecule has 0 saturated heterocycles. The van der Waals surface area contributed by atoms with E-state index in [2.05, 4.69) is 6.07 Å². The molecule has 2 N–H and O–H groups in total. The van der Waals surface area contributed by atoms with Gasteiger partial charge in [0.2, 0.25) is 0 Å². The van der Waals surface area contributed by atoms with E-state index < -0.39 is 0 Å². The smallest absolute Gasteiger partial charge is 0.137 e. The van der Waals surface area contributed by atoms with E-state index in [4.69, 9.17) is 14.9 Å². The quantitative estimate of drug-likeness (QED) is 0.786. The molecule has 2 aromatic carbocycles. The van der Waals surface area contributed by atoms with Gasteiger partial charge in [0.05, 0.1) is 13.2 Å². The van der Waals surface area contributed by atoms with Crippen molar-refractivity contribution in [3.8, 4) is 5.75 Å². The minimum absolute atomic E-state index is 0.163. The van der Waals surface area contributed by atoms with Crippen molar-refractivity contribution in [2.75, 3.05) is 7.11 Å². The van der Waals surface area contributed by atoms with E-state index in [0.717, 1.165) is 40.0 Å². The summed E-state index contributed by atoms with van der Waals surface area (Å²) in [5.74, 6) is 1.67. The van der Waals surface area contributed by atoms with E-state index in [0.29, 0.717) is 0 Å². The summed E-state index contributed by atoms with van der Waals surface area (Å²) in [4.78, 5) is 0. The Hall–Kier alpha value is -2.26. The van der Waals surface area contributed by atoms with Gasteiger partial charge in [-0.15, -0.1) is 0 Å². The largest absolute Gasteiger partial charge is 0.497 e. The molecule has 1 atom stereocenters. The summed E-state index contributed by atoms with van der Waals surface area (Å²) in [5.41, 5.74) is 9.49. The number of furan rings is 1. The Bertz CT molecular complexity index is 761. The molecule has 0 aliphatic carbocycles. The number of para-hydroxylation sites is 1. The molecule has 1 unspecified atom stereocenters. The molecule has 0 amide bonds. The molecule has 0 radical (unpaired) electrons. The van der Waals surface area contributed by atoms with Crippen LogP contribution in [0.5, 0.6) is 5.75 Å². The van der Waals surface area contributed by atoms with Gasteiger partial charge in [0.1, 0.15) is 17.1 Å². The van der Waals surface area contributed by atoms with Gasteiger partial charge in [-0.05, 0) is 42.7 Å². The fourth-order valence-electron chi connectivity index (χ4n) is 2.57. The molecule has 108 valence electrons. The average molecular weight is 281 g/mol. The first kappa shape index (κ1) is 13.7. The fourth-order valence-corrected chi connectivity index (χ4v) is 2.57. The van der Waals surface area contributed by atoms with Crippen LogP contribution in [0, 0.1) is 6.92 Å². The highest BCUT2D eigenvalue weighted by atomic mass is 16.5. The summed E-state index contributed by atoms with van der Waals surface area (Å²) in [6.45, 7) is 2.04. The number of rotatable bonds is 4. The number of aryl methyl sites for hydroxylation is 1. The van der Waals surface area contributed by atoms with Crippen LogP contribution in [0.1, 0.15) is 22.9 Å². The molecule has 0 bridgehead atoms. The lowest BCUT2D eigenvalue weighted by atomic mass is 10.0. The molecule has 0 fully saturated rings.